The van der Waals surface area contributed by atoms with Gasteiger partial charge in [-0.3, -0.25) is 5.10 Å². The number of methoxy groups -OCH3 is 1. The summed E-state index contributed by atoms with van der Waals surface area (Å²) in [7, 11) is 1.63. The van der Waals surface area contributed by atoms with Gasteiger partial charge in [-0.15, -0.1) is 10.2 Å². The van der Waals surface area contributed by atoms with E-state index in [1.165, 1.54) is 11.3 Å². The van der Waals surface area contributed by atoms with Crippen molar-refractivity contribution in [1.82, 2.24) is 30.0 Å². The van der Waals surface area contributed by atoms with Gasteiger partial charge in [-0.25, -0.2) is 0 Å². The van der Waals surface area contributed by atoms with Crippen LogP contribution >= 0.6 is 11.3 Å². The molecule has 1 aromatic carbocycles. The number of H-pyrrole nitrogens is 1. The van der Waals surface area contributed by atoms with Gasteiger partial charge in [0, 0.05) is 5.69 Å². The van der Waals surface area contributed by atoms with E-state index in [1.54, 1.807) is 11.6 Å². The smallest absolute Gasteiger partial charge is 0.235 e. The highest BCUT2D eigenvalue weighted by Gasteiger charge is 2.15. The molecule has 4 aromatic rings. The van der Waals surface area contributed by atoms with Crippen LogP contribution in [0, 0.1) is 5.92 Å². The molecule has 0 unspecified atom stereocenters. The van der Waals surface area contributed by atoms with Gasteiger partial charge in [0.1, 0.15) is 23.8 Å². The first-order valence-electron chi connectivity index (χ1n) is 8.65. The van der Waals surface area contributed by atoms with Gasteiger partial charge in [0.05, 0.1) is 7.11 Å². The topological polar surface area (TPSA) is 90.2 Å². The Morgan fingerprint density at radius 1 is 1.15 bits per heavy atom. The summed E-state index contributed by atoms with van der Waals surface area (Å²) in [5.41, 5.74) is 1.93. The molecule has 3 heterocycles. The second-order valence-corrected chi connectivity index (χ2v) is 7.51. The van der Waals surface area contributed by atoms with Gasteiger partial charge in [-0.1, -0.05) is 25.2 Å². The molecule has 0 saturated carbocycles. The summed E-state index contributed by atoms with van der Waals surface area (Å²) in [6, 6.07) is 9.44. The van der Waals surface area contributed by atoms with Gasteiger partial charge in [0.25, 0.3) is 0 Å². The molecular formula is C18H20N6O2S. The van der Waals surface area contributed by atoms with E-state index in [0.717, 1.165) is 34.3 Å². The molecule has 0 bridgehead atoms. The summed E-state index contributed by atoms with van der Waals surface area (Å²) in [5.74, 6) is 2.72. The summed E-state index contributed by atoms with van der Waals surface area (Å²) < 4.78 is 12.6. The first-order chi connectivity index (χ1) is 13.1. The summed E-state index contributed by atoms with van der Waals surface area (Å²) in [5, 5.41) is 21.2. The fourth-order valence-corrected chi connectivity index (χ4v) is 3.51. The molecule has 27 heavy (non-hydrogen) atoms. The van der Waals surface area contributed by atoms with E-state index < -0.39 is 0 Å². The number of ether oxygens (including phenoxy) is 2. The van der Waals surface area contributed by atoms with Crippen molar-refractivity contribution >= 4 is 16.3 Å². The molecule has 0 aliphatic rings. The van der Waals surface area contributed by atoms with Crippen LogP contribution in [0.25, 0.3) is 15.7 Å². The number of aromatic amines is 1. The van der Waals surface area contributed by atoms with Gasteiger partial charge in [0.2, 0.25) is 4.96 Å². The van der Waals surface area contributed by atoms with E-state index in [9.17, 15) is 0 Å². The Balaban J connectivity index is 1.50. The van der Waals surface area contributed by atoms with Crippen molar-refractivity contribution in [2.75, 3.05) is 7.11 Å². The standard InChI is InChI=1S/C18H20N6O2S/c1-11(2)8-12-9-15(20-19-12)17-23-24-16(21-22-18(24)27-17)10-26-14-6-4-13(25-3)5-7-14/h4-7,9,11H,8,10H2,1-3H3,(H,19,20). The van der Waals surface area contributed by atoms with Crippen LogP contribution in [0.3, 0.4) is 0 Å². The van der Waals surface area contributed by atoms with Crippen LogP contribution in [-0.4, -0.2) is 37.1 Å². The molecule has 9 heteroatoms. The van der Waals surface area contributed by atoms with Gasteiger partial charge >= 0.3 is 0 Å². The van der Waals surface area contributed by atoms with Crippen molar-refractivity contribution in [3.05, 3.63) is 41.9 Å². The largest absolute Gasteiger partial charge is 0.497 e. The lowest BCUT2D eigenvalue weighted by Gasteiger charge is -2.05. The zero-order valence-electron chi connectivity index (χ0n) is 15.3. The third-order valence-electron chi connectivity index (χ3n) is 3.96. The lowest BCUT2D eigenvalue weighted by Crippen LogP contribution is -2.02. The minimum atomic E-state index is 0.274. The maximum Gasteiger partial charge on any atom is 0.235 e. The second kappa shape index (κ2) is 7.36. The zero-order valence-corrected chi connectivity index (χ0v) is 16.2. The van der Waals surface area contributed by atoms with Gasteiger partial charge in [0.15, 0.2) is 10.8 Å². The molecule has 140 valence electrons. The highest BCUT2D eigenvalue weighted by Crippen LogP contribution is 2.25. The molecule has 8 nitrogen and oxygen atoms in total. The van der Waals surface area contributed by atoms with E-state index >= 15 is 0 Å². The summed E-state index contributed by atoms with van der Waals surface area (Å²) in [4.78, 5) is 0.715. The van der Waals surface area contributed by atoms with Crippen molar-refractivity contribution < 1.29 is 9.47 Å². The van der Waals surface area contributed by atoms with Crippen LogP contribution in [0.5, 0.6) is 11.5 Å². The Bertz CT molecular complexity index is 1030. The van der Waals surface area contributed by atoms with E-state index in [-0.39, 0.29) is 6.61 Å². The first kappa shape index (κ1) is 17.5. The third-order valence-corrected chi connectivity index (χ3v) is 4.88. The Morgan fingerprint density at radius 2 is 1.93 bits per heavy atom. The van der Waals surface area contributed by atoms with Crippen LogP contribution in [0.2, 0.25) is 0 Å². The average molecular weight is 384 g/mol. The van der Waals surface area contributed by atoms with E-state index in [4.69, 9.17) is 9.47 Å². The van der Waals surface area contributed by atoms with Crippen molar-refractivity contribution in [3.8, 4) is 22.2 Å². The van der Waals surface area contributed by atoms with E-state index in [0.29, 0.717) is 16.7 Å². The fourth-order valence-electron chi connectivity index (χ4n) is 2.69. The van der Waals surface area contributed by atoms with Crippen LogP contribution < -0.4 is 9.47 Å². The monoisotopic (exact) mass is 384 g/mol. The number of nitrogens with zero attached hydrogens (tertiary/aromatic N) is 5. The van der Waals surface area contributed by atoms with Crippen LogP contribution in [-0.2, 0) is 13.0 Å². The van der Waals surface area contributed by atoms with Crippen molar-refractivity contribution in [2.45, 2.75) is 26.9 Å². The number of hydrogen-bond acceptors (Lipinski definition) is 7. The molecule has 0 fully saturated rings. The SMILES string of the molecule is COc1ccc(OCc2nnc3sc(-c4cc(CC(C)C)[nH]n4)nn23)cc1. The molecule has 0 spiro atoms. The Hall–Kier alpha value is -2.94. The molecule has 3 aromatic heterocycles. The van der Waals surface area contributed by atoms with Crippen molar-refractivity contribution in [3.63, 3.8) is 0 Å². The summed E-state index contributed by atoms with van der Waals surface area (Å²) >= 11 is 1.45. The summed E-state index contributed by atoms with van der Waals surface area (Å²) in [6.07, 6.45) is 0.956. The molecular weight excluding hydrogens is 364 g/mol. The average Bonchev–Trinajstić information content (AvgIpc) is 3.36. The molecule has 0 saturated heterocycles. The number of hydrogen-bond donors (Lipinski definition) is 1. The molecule has 0 radical (unpaired) electrons. The maximum absolute atomic E-state index is 5.78. The molecule has 0 atom stereocenters. The van der Waals surface area contributed by atoms with Gasteiger partial charge < -0.3 is 9.47 Å². The van der Waals surface area contributed by atoms with Gasteiger partial charge in [-0.2, -0.15) is 14.7 Å². The predicted octanol–water partition coefficient (Wildman–Crippen LogP) is 3.36. The fraction of sp³-hybridized carbons (Fsp3) is 0.333. The highest BCUT2D eigenvalue weighted by molar-refractivity contribution is 7.19. The lowest BCUT2D eigenvalue weighted by molar-refractivity contribution is 0.292. The molecule has 0 aliphatic heterocycles. The Morgan fingerprint density at radius 3 is 2.67 bits per heavy atom. The number of nitrogens with one attached hydrogen (secondary N) is 1. The quantitative estimate of drug-likeness (QED) is 0.525. The molecule has 4 rings (SSSR count). The minimum absolute atomic E-state index is 0.274. The van der Waals surface area contributed by atoms with Crippen LogP contribution in [0.1, 0.15) is 25.4 Å². The van der Waals surface area contributed by atoms with Crippen molar-refractivity contribution in [2.24, 2.45) is 5.92 Å². The minimum Gasteiger partial charge on any atom is -0.497 e. The molecule has 0 aliphatic carbocycles. The van der Waals surface area contributed by atoms with Crippen molar-refractivity contribution in [1.29, 1.82) is 0 Å². The number of benzene rings is 1. The third kappa shape index (κ3) is 3.77. The van der Waals surface area contributed by atoms with Gasteiger partial charge in [-0.05, 0) is 42.7 Å². The lowest BCUT2D eigenvalue weighted by atomic mass is 10.1. The van der Waals surface area contributed by atoms with Crippen LogP contribution in [0.4, 0.5) is 0 Å². The molecule has 0 amide bonds. The Labute approximate surface area is 160 Å². The maximum atomic E-state index is 5.78. The summed E-state index contributed by atoms with van der Waals surface area (Å²) in [6.45, 7) is 4.63. The number of aromatic nitrogens is 6. The predicted molar refractivity (Wildman–Crippen MR) is 102 cm³/mol. The van der Waals surface area contributed by atoms with Crippen LogP contribution in [0.15, 0.2) is 30.3 Å². The molecule has 1 N–H and O–H groups in total. The zero-order chi connectivity index (χ0) is 18.8. The normalized spacial score (nSPS) is 11.4. The second-order valence-electron chi connectivity index (χ2n) is 6.56. The highest BCUT2D eigenvalue weighted by atomic mass is 32.1. The van der Waals surface area contributed by atoms with E-state index in [2.05, 4.69) is 39.3 Å². The first-order valence-corrected chi connectivity index (χ1v) is 9.46. The number of fused-ring (bicyclic) bond motifs is 1. The van der Waals surface area contributed by atoms with E-state index in [1.807, 2.05) is 30.3 Å². The number of rotatable bonds is 7. The Kier molecular flexibility index (Phi) is 4.76.